The van der Waals surface area contributed by atoms with Crippen molar-refractivity contribution in [2.45, 2.75) is 13.3 Å². The van der Waals surface area contributed by atoms with Gasteiger partial charge in [0.05, 0.1) is 25.6 Å². The Balaban J connectivity index is 1.89. The standard InChI is InChI=1S/C21H21N3O3/c1-14(25)24-19-11-15(8-9-21(19)27-3)10-16-12-18(23-13-22-16)17-6-4-5-7-20(17)26-2/h4-9,11-13H,10H2,1-3H3,(H,24,25). The van der Waals surface area contributed by atoms with Crippen LogP contribution in [0.3, 0.4) is 0 Å². The molecular formula is C21H21N3O3. The molecule has 27 heavy (non-hydrogen) atoms. The van der Waals surface area contributed by atoms with E-state index in [1.807, 2.05) is 48.5 Å². The monoisotopic (exact) mass is 363 g/mol. The van der Waals surface area contributed by atoms with Crippen LogP contribution in [0.4, 0.5) is 5.69 Å². The SMILES string of the molecule is COc1ccc(Cc2cc(-c3ccccc3OC)ncn2)cc1NC(C)=O. The van der Waals surface area contributed by atoms with E-state index in [0.29, 0.717) is 17.9 Å². The molecule has 138 valence electrons. The summed E-state index contributed by atoms with van der Waals surface area (Å²) in [6.07, 6.45) is 2.15. The zero-order valence-electron chi connectivity index (χ0n) is 15.5. The third kappa shape index (κ3) is 4.41. The molecular weight excluding hydrogens is 342 g/mol. The number of methoxy groups -OCH3 is 2. The maximum atomic E-state index is 11.4. The molecule has 0 fully saturated rings. The van der Waals surface area contributed by atoms with Gasteiger partial charge in [0.2, 0.25) is 5.91 Å². The molecule has 0 aliphatic rings. The van der Waals surface area contributed by atoms with Crippen molar-refractivity contribution in [3.05, 3.63) is 66.1 Å². The highest BCUT2D eigenvalue weighted by Crippen LogP contribution is 2.29. The zero-order chi connectivity index (χ0) is 19.2. The largest absolute Gasteiger partial charge is 0.496 e. The first-order chi connectivity index (χ1) is 13.1. The third-order valence-electron chi connectivity index (χ3n) is 4.07. The van der Waals surface area contributed by atoms with Crippen molar-refractivity contribution in [1.29, 1.82) is 0 Å². The molecule has 1 amide bonds. The van der Waals surface area contributed by atoms with E-state index in [9.17, 15) is 4.79 Å². The van der Waals surface area contributed by atoms with Crippen molar-refractivity contribution >= 4 is 11.6 Å². The Kier molecular flexibility index (Phi) is 5.66. The van der Waals surface area contributed by atoms with Gasteiger partial charge in [-0.05, 0) is 35.9 Å². The molecule has 0 atom stereocenters. The molecule has 1 N–H and O–H groups in total. The molecule has 0 aliphatic carbocycles. The first kappa shape index (κ1) is 18.4. The fourth-order valence-corrected chi connectivity index (χ4v) is 2.86. The van der Waals surface area contributed by atoms with Crippen LogP contribution in [0.15, 0.2) is 54.9 Å². The smallest absolute Gasteiger partial charge is 0.221 e. The molecule has 3 rings (SSSR count). The van der Waals surface area contributed by atoms with Crippen LogP contribution in [0.2, 0.25) is 0 Å². The highest BCUT2D eigenvalue weighted by molar-refractivity contribution is 5.90. The van der Waals surface area contributed by atoms with Crippen LogP contribution in [0.25, 0.3) is 11.3 Å². The van der Waals surface area contributed by atoms with Gasteiger partial charge in [0.15, 0.2) is 0 Å². The first-order valence-electron chi connectivity index (χ1n) is 8.49. The number of nitrogens with one attached hydrogen (secondary N) is 1. The van der Waals surface area contributed by atoms with Crippen molar-refractivity contribution in [2.24, 2.45) is 0 Å². The lowest BCUT2D eigenvalue weighted by molar-refractivity contribution is -0.114. The van der Waals surface area contributed by atoms with Gasteiger partial charge in [-0.15, -0.1) is 0 Å². The summed E-state index contributed by atoms with van der Waals surface area (Å²) in [6.45, 7) is 1.47. The highest BCUT2D eigenvalue weighted by atomic mass is 16.5. The van der Waals surface area contributed by atoms with E-state index in [4.69, 9.17) is 9.47 Å². The predicted octanol–water partition coefficient (Wildman–Crippen LogP) is 3.71. The molecule has 0 bridgehead atoms. The van der Waals surface area contributed by atoms with Gasteiger partial charge in [0.25, 0.3) is 0 Å². The topological polar surface area (TPSA) is 73.3 Å². The van der Waals surface area contributed by atoms with Crippen LogP contribution in [0.1, 0.15) is 18.2 Å². The van der Waals surface area contributed by atoms with Gasteiger partial charge in [0, 0.05) is 24.6 Å². The molecule has 6 heteroatoms. The van der Waals surface area contributed by atoms with E-state index in [1.54, 1.807) is 20.5 Å². The minimum atomic E-state index is -0.147. The number of aromatic nitrogens is 2. The Morgan fingerprint density at radius 3 is 2.52 bits per heavy atom. The number of benzene rings is 2. The second-order valence-corrected chi connectivity index (χ2v) is 5.99. The summed E-state index contributed by atoms with van der Waals surface area (Å²) in [5.74, 6) is 1.23. The van der Waals surface area contributed by atoms with Crippen LogP contribution < -0.4 is 14.8 Å². The van der Waals surface area contributed by atoms with Gasteiger partial charge in [-0.2, -0.15) is 0 Å². The van der Waals surface area contributed by atoms with Crippen molar-refractivity contribution in [2.75, 3.05) is 19.5 Å². The lowest BCUT2D eigenvalue weighted by atomic mass is 10.1. The summed E-state index contributed by atoms with van der Waals surface area (Å²) < 4.78 is 10.7. The van der Waals surface area contributed by atoms with E-state index >= 15 is 0 Å². The Bertz CT molecular complexity index is 957. The molecule has 0 aliphatic heterocycles. The lowest BCUT2D eigenvalue weighted by Crippen LogP contribution is -2.07. The Labute approximate surface area is 158 Å². The zero-order valence-corrected chi connectivity index (χ0v) is 15.5. The summed E-state index contributed by atoms with van der Waals surface area (Å²) in [7, 11) is 3.21. The van der Waals surface area contributed by atoms with Crippen LogP contribution in [-0.4, -0.2) is 30.1 Å². The summed E-state index contributed by atoms with van der Waals surface area (Å²) in [4.78, 5) is 20.2. The van der Waals surface area contributed by atoms with Gasteiger partial charge in [-0.25, -0.2) is 9.97 Å². The number of carbonyl (C=O) groups excluding carboxylic acids is 1. The van der Waals surface area contributed by atoms with Crippen LogP contribution in [0.5, 0.6) is 11.5 Å². The second kappa shape index (κ2) is 8.31. The Hall–Kier alpha value is -3.41. The number of para-hydroxylation sites is 1. The molecule has 0 spiro atoms. The van der Waals surface area contributed by atoms with Gasteiger partial charge in [-0.3, -0.25) is 4.79 Å². The van der Waals surface area contributed by atoms with Gasteiger partial charge in [-0.1, -0.05) is 18.2 Å². The van der Waals surface area contributed by atoms with Crippen LogP contribution in [-0.2, 0) is 11.2 Å². The average molecular weight is 363 g/mol. The molecule has 6 nitrogen and oxygen atoms in total. The van der Waals surface area contributed by atoms with E-state index in [0.717, 1.165) is 28.3 Å². The van der Waals surface area contributed by atoms with E-state index in [2.05, 4.69) is 15.3 Å². The maximum Gasteiger partial charge on any atom is 0.221 e. The molecule has 1 heterocycles. The fourth-order valence-electron chi connectivity index (χ4n) is 2.86. The van der Waals surface area contributed by atoms with E-state index in [-0.39, 0.29) is 5.91 Å². The number of hydrogen-bond acceptors (Lipinski definition) is 5. The van der Waals surface area contributed by atoms with E-state index < -0.39 is 0 Å². The van der Waals surface area contributed by atoms with Crippen molar-refractivity contribution < 1.29 is 14.3 Å². The number of hydrogen-bond donors (Lipinski definition) is 1. The lowest BCUT2D eigenvalue weighted by Gasteiger charge is -2.11. The Morgan fingerprint density at radius 1 is 1.00 bits per heavy atom. The summed E-state index contributed by atoms with van der Waals surface area (Å²) >= 11 is 0. The summed E-state index contributed by atoms with van der Waals surface area (Å²) in [5, 5.41) is 2.79. The maximum absolute atomic E-state index is 11.4. The fraction of sp³-hybridized carbons (Fsp3) is 0.190. The molecule has 3 aromatic rings. The van der Waals surface area contributed by atoms with Crippen LogP contribution in [0, 0.1) is 0 Å². The molecule has 0 radical (unpaired) electrons. The molecule has 2 aromatic carbocycles. The summed E-state index contributed by atoms with van der Waals surface area (Å²) in [5.41, 5.74) is 4.22. The van der Waals surface area contributed by atoms with E-state index in [1.165, 1.54) is 6.92 Å². The Morgan fingerprint density at radius 2 is 1.78 bits per heavy atom. The summed E-state index contributed by atoms with van der Waals surface area (Å²) in [6, 6.07) is 15.4. The highest BCUT2D eigenvalue weighted by Gasteiger charge is 2.10. The molecule has 0 saturated carbocycles. The van der Waals surface area contributed by atoms with Gasteiger partial charge in [0.1, 0.15) is 17.8 Å². The average Bonchev–Trinajstić information content (AvgIpc) is 2.68. The predicted molar refractivity (Wildman–Crippen MR) is 104 cm³/mol. The normalized spacial score (nSPS) is 10.3. The molecule has 1 aromatic heterocycles. The second-order valence-electron chi connectivity index (χ2n) is 5.99. The van der Waals surface area contributed by atoms with Gasteiger partial charge < -0.3 is 14.8 Å². The van der Waals surface area contributed by atoms with Crippen LogP contribution >= 0.6 is 0 Å². The van der Waals surface area contributed by atoms with Crippen molar-refractivity contribution in [3.63, 3.8) is 0 Å². The minimum Gasteiger partial charge on any atom is -0.496 e. The quantitative estimate of drug-likeness (QED) is 0.723. The number of amides is 1. The third-order valence-corrected chi connectivity index (χ3v) is 4.07. The van der Waals surface area contributed by atoms with Gasteiger partial charge >= 0.3 is 0 Å². The number of anilines is 1. The van der Waals surface area contributed by atoms with Crippen molar-refractivity contribution in [3.8, 4) is 22.8 Å². The first-order valence-corrected chi connectivity index (χ1v) is 8.49. The number of ether oxygens (including phenoxy) is 2. The number of rotatable bonds is 6. The number of nitrogens with zero attached hydrogens (tertiary/aromatic N) is 2. The minimum absolute atomic E-state index is 0.147. The number of carbonyl (C=O) groups is 1. The molecule has 0 saturated heterocycles. The van der Waals surface area contributed by atoms with Crippen molar-refractivity contribution in [1.82, 2.24) is 9.97 Å². The molecule has 0 unspecified atom stereocenters.